The summed E-state index contributed by atoms with van der Waals surface area (Å²) in [5.74, 6) is -0.271. The zero-order chi connectivity index (χ0) is 16.1. The molecule has 120 valence electrons. The molecule has 2 heterocycles. The fraction of sp³-hybridized carbons (Fsp3) is 0.286. The third-order valence-corrected chi connectivity index (χ3v) is 3.88. The molecule has 0 unspecified atom stereocenters. The number of amides is 3. The van der Waals surface area contributed by atoms with E-state index in [-0.39, 0.29) is 11.9 Å². The number of anilines is 2. The number of hydrogen-bond donors (Lipinski definition) is 2. The van der Waals surface area contributed by atoms with Gasteiger partial charge in [-0.1, -0.05) is 11.3 Å². The monoisotopic (exact) mass is 333 g/mol. The quantitative estimate of drug-likeness (QED) is 0.890. The van der Waals surface area contributed by atoms with Crippen molar-refractivity contribution in [2.45, 2.75) is 0 Å². The first-order valence-electron chi connectivity index (χ1n) is 7.03. The van der Waals surface area contributed by atoms with Crippen LogP contribution in [0.2, 0.25) is 0 Å². The van der Waals surface area contributed by atoms with E-state index in [0.29, 0.717) is 42.7 Å². The summed E-state index contributed by atoms with van der Waals surface area (Å²) in [5.41, 5.74) is 2.65. The minimum absolute atomic E-state index is 0.167. The molecule has 1 aromatic carbocycles. The van der Waals surface area contributed by atoms with Gasteiger partial charge in [0.25, 0.3) is 5.91 Å². The molecule has 23 heavy (non-hydrogen) atoms. The van der Waals surface area contributed by atoms with Crippen LogP contribution in [-0.4, -0.2) is 53.3 Å². The molecule has 1 aromatic heterocycles. The lowest BCUT2D eigenvalue weighted by Crippen LogP contribution is -2.43. The highest BCUT2D eigenvalue weighted by Crippen LogP contribution is 2.14. The summed E-state index contributed by atoms with van der Waals surface area (Å²) in [6.07, 6.45) is 0. The molecule has 1 fully saturated rings. The predicted octanol–water partition coefficient (Wildman–Crippen LogP) is 1.65. The minimum atomic E-state index is -0.271. The number of rotatable bonds is 3. The van der Waals surface area contributed by atoms with Gasteiger partial charge in [0.2, 0.25) is 5.13 Å². The highest BCUT2D eigenvalue weighted by Gasteiger charge is 2.16. The van der Waals surface area contributed by atoms with Crippen LogP contribution in [0.4, 0.5) is 15.6 Å². The summed E-state index contributed by atoms with van der Waals surface area (Å²) < 4.78 is 5.21. The lowest BCUT2D eigenvalue weighted by molar-refractivity contribution is 0.0564. The molecule has 3 rings (SSSR count). The number of carbonyl (C=O) groups is 2. The molecule has 0 bridgehead atoms. The molecule has 9 heteroatoms. The van der Waals surface area contributed by atoms with Crippen LogP contribution in [0.5, 0.6) is 0 Å². The Balaban J connectivity index is 1.58. The van der Waals surface area contributed by atoms with E-state index in [1.54, 1.807) is 34.7 Å². The molecule has 0 aliphatic carbocycles. The van der Waals surface area contributed by atoms with Gasteiger partial charge in [-0.2, -0.15) is 0 Å². The fourth-order valence-electron chi connectivity index (χ4n) is 2.07. The lowest BCUT2D eigenvalue weighted by atomic mass is 10.2. The van der Waals surface area contributed by atoms with E-state index in [2.05, 4.69) is 20.8 Å². The molecular weight excluding hydrogens is 318 g/mol. The van der Waals surface area contributed by atoms with Crippen LogP contribution in [0.3, 0.4) is 0 Å². The second-order valence-corrected chi connectivity index (χ2v) is 5.64. The summed E-state index contributed by atoms with van der Waals surface area (Å²) >= 11 is 1.25. The third kappa shape index (κ3) is 4.02. The van der Waals surface area contributed by atoms with Gasteiger partial charge in [0, 0.05) is 24.3 Å². The van der Waals surface area contributed by atoms with Crippen LogP contribution in [-0.2, 0) is 4.74 Å². The molecule has 8 nitrogen and oxygen atoms in total. The van der Waals surface area contributed by atoms with Crippen LogP contribution < -0.4 is 10.6 Å². The predicted molar refractivity (Wildman–Crippen MR) is 85.7 cm³/mol. The molecule has 1 aliphatic rings. The summed E-state index contributed by atoms with van der Waals surface area (Å²) in [7, 11) is 0. The number of morpholine rings is 1. The van der Waals surface area contributed by atoms with Crippen molar-refractivity contribution in [2.24, 2.45) is 0 Å². The largest absolute Gasteiger partial charge is 0.378 e. The van der Waals surface area contributed by atoms with E-state index in [0.717, 1.165) is 0 Å². The number of ether oxygens (including phenoxy) is 1. The smallest absolute Gasteiger partial charge is 0.321 e. The maximum atomic E-state index is 12.1. The van der Waals surface area contributed by atoms with E-state index < -0.39 is 0 Å². The standard InChI is InChI=1S/C14H15N5O3S/c20-12(17-13-18-15-9-23-13)10-1-3-11(4-2-10)16-14(21)19-5-7-22-8-6-19/h1-4,9H,5-8H2,(H,16,21)(H,17,18,20). The topological polar surface area (TPSA) is 96.4 Å². The van der Waals surface area contributed by atoms with E-state index in [1.807, 2.05) is 0 Å². The Morgan fingerprint density at radius 3 is 2.52 bits per heavy atom. The number of hydrogen-bond acceptors (Lipinski definition) is 6. The van der Waals surface area contributed by atoms with Crippen molar-refractivity contribution in [1.29, 1.82) is 0 Å². The Hall–Kier alpha value is -2.52. The highest BCUT2D eigenvalue weighted by atomic mass is 32.1. The molecule has 0 atom stereocenters. The average molecular weight is 333 g/mol. The molecule has 0 radical (unpaired) electrons. The molecule has 2 N–H and O–H groups in total. The van der Waals surface area contributed by atoms with Crippen molar-refractivity contribution < 1.29 is 14.3 Å². The van der Waals surface area contributed by atoms with Crippen molar-refractivity contribution in [1.82, 2.24) is 15.1 Å². The van der Waals surface area contributed by atoms with Crippen LogP contribution in [0, 0.1) is 0 Å². The number of benzene rings is 1. The SMILES string of the molecule is O=C(Nc1nncs1)c1ccc(NC(=O)N2CCOCC2)cc1. The van der Waals surface area contributed by atoms with Crippen molar-refractivity contribution >= 4 is 34.1 Å². The second kappa shape index (κ2) is 7.16. The lowest BCUT2D eigenvalue weighted by Gasteiger charge is -2.26. The van der Waals surface area contributed by atoms with Crippen molar-refractivity contribution in [2.75, 3.05) is 36.9 Å². The summed E-state index contributed by atoms with van der Waals surface area (Å²) in [6, 6.07) is 6.50. The first kappa shape index (κ1) is 15.4. The Labute approximate surface area is 136 Å². The van der Waals surface area contributed by atoms with Gasteiger partial charge in [-0.25, -0.2) is 4.79 Å². The van der Waals surface area contributed by atoms with Crippen LogP contribution in [0.1, 0.15) is 10.4 Å². The van der Waals surface area contributed by atoms with Crippen molar-refractivity contribution in [3.63, 3.8) is 0 Å². The normalized spacial score (nSPS) is 14.3. The second-order valence-electron chi connectivity index (χ2n) is 4.80. The average Bonchev–Trinajstić information content (AvgIpc) is 3.09. The van der Waals surface area contributed by atoms with E-state index >= 15 is 0 Å². The van der Waals surface area contributed by atoms with Crippen LogP contribution in [0.25, 0.3) is 0 Å². The molecule has 1 saturated heterocycles. The third-order valence-electron chi connectivity index (χ3n) is 3.28. The van der Waals surface area contributed by atoms with Crippen LogP contribution in [0.15, 0.2) is 29.8 Å². The summed E-state index contributed by atoms with van der Waals surface area (Å²) in [6.45, 7) is 2.26. The first-order valence-corrected chi connectivity index (χ1v) is 7.91. The van der Waals surface area contributed by atoms with Gasteiger partial charge in [-0.15, -0.1) is 10.2 Å². The van der Waals surface area contributed by atoms with Gasteiger partial charge in [0.15, 0.2) is 0 Å². The van der Waals surface area contributed by atoms with E-state index in [4.69, 9.17) is 4.74 Å². The molecule has 0 saturated carbocycles. The molecule has 1 aliphatic heterocycles. The minimum Gasteiger partial charge on any atom is -0.378 e. The number of nitrogens with one attached hydrogen (secondary N) is 2. The number of urea groups is 1. The van der Waals surface area contributed by atoms with Gasteiger partial charge in [-0.3, -0.25) is 10.1 Å². The highest BCUT2D eigenvalue weighted by molar-refractivity contribution is 7.13. The maximum Gasteiger partial charge on any atom is 0.321 e. The van der Waals surface area contributed by atoms with Gasteiger partial charge in [-0.05, 0) is 24.3 Å². The van der Waals surface area contributed by atoms with E-state index in [1.165, 1.54) is 11.3 Å². The van der Waals surface area contributed by atoms with Crippen molar-refractivity contribution in [3.8, 4) is 0 Å². The van der Waals surface area contributed by atoms with Gasteiger partial charge < -0.3 is 15.0 Å². The maximum absolute atomic E-state index is 12.1. The van der Waals surface area contributed by atoms with Gasteiger partial charge in [0.05, 0.1) is 13.2 Å². The van der Waals surface area contributed by atoms with E-state index in [9.17, 15) is 9.59 Å². The Morgan fingerprint density at radius 2 is 1.87 bits per heavy atom. The van der Waals surface area contributed by atoms with Crippen LogP contribution >= 0.6 is 11.3 Å². The van der Waals surface area contributed by atoms with Crippen molar-refractivity contribution in [3.05, 3.63) is 35.3 Å². The number of carbonyl (C=O) groups excluding carboxylic acids is 2. The fourth-order valence-corrected chi connectivity index (χ4v) is 2.51. The summed E-state index contributed by atoms with van der Waals surface area (Å²) in [5, 5.41) is 13.3. The Kier molecular flexibility index (Phi) is 4.79. The molecular formula is C14H15N5O3S. The number of aromatic nitrogens is 2. The Bertz CT molecular complexity index is 668. The first-order chi connectivity index (χ1) is 11.2. The number of nitrogens with zero attached hydrogens (tertiary/aromatic N) is 3. The van der Waals surface area contributed by atoms with Gasteiger partial charge >= 0.3 is 6.03 Å². The summed E-state index contributed by atoms with van der Waals surface area (Å²) in [4.78, 5) is 25.8. The van der Waals surface area contributed by atoms with Gasteiger partial charge in [0.1, 0.15) is 5.51 Å². The molecule has 3 amide bonds. The molecule has 0 spiro atoms. The Morgan fingerprint density at radius 1 is 1.13 bits per heavy atom. The zero-order valence-corrected chi connectivity index (χ0v) is 13.0. The zero-order valence-electron chi connectivity index (χ0n) is 12.2. The molecule has 2 aromatic rings.